The van der Waals surface area contributed by atoms with Crippen LogP contribution in [0.4, 0.5) is 8.78 Å². The standard InChI is InChI=1S/C29H22ClF2N5O2/c1-29(18-36-20-33-19-35-36,27-13-10-25(31)14-28(27)32)39-37-16-23(15-34-37)3-2-21-6-11-26(12-7-21)38-17-22-4-8-24(30)9-5-22/h4-16,19-20H,17-18H2,1H3. The van der Waals surface area contributed by atoms with E-state index in [1.165, 1.54) is 40.5 Å². The predicted molar refractivity (Wildman–Crippen MR) is 141 cm³/mol. The second-order valence-corrected chi connectivity index (χ2v) is 9.30. The Morgan fingerprint density at radius 3 is 2.44 bits per heavy atom. The Bertz CT molecular complexity index is 1610. The topological polar surface area (TPSA) is 67.0 Å². The van der Waals surface area contributed by atoms with Gasteiger partial charge in [0.05, 0.1) is 24.5 Å². The van der Waals surface area contributed by atoms with Crippen LogP contribution in [0.1, 0.15) is 29.2 Å². The van der Waals surface area contributed by atoms with Crippen LogP contribution in [-0.4, -0.2) is 24.7 Å². The van der Waals surface area contributed by atoms with Crippen molar-refractivity contribution in [2.75, 3.05) is 0 Å². The van der Waals surface area contributed by atoms with Gasteiger partial charge in [-0.1, -0.05) is 35.6 Å². The molecule has 0 amide bonds. The lowest BCUT2D eigenvalue weighted by Crippen LogP contribution is -2.40. The summed E-state index contributed by atoms with van der Waals surface area (Å²) >= 11 is 5.92. The lowest BCUT2D eigenvalue weighted by Gasteiger charge is -2.30. The third kappa shape index (κ3) is 6.61. The molecule has 7 nitrogen and oxygen atoms in total. The zero-order valence-corrected chi connectivity index (χ0v) is 21.5. The molecule has 0 saturated carbocycles. The zero-order valence-electron chi connectivity index (χ0n) is 20.8. The molecule has 0 fully saturated rings. The predicted octanol–water partition coefficient (Wildman–Crippen LogP) is 5.43. The SMILES string of the molecule is CC(Cn1cncn1)(On1cc(C#Cc2ccc(OCc3ccc(Cl)cc3)cc2)cn1)c1ccc(F)cc1F. The lowest BCUT2D eigenvalue weighted by molar-refractivity contribution is -0.0774. The van der Waals surface area contributed by atoms with E-state index in [1.807, 2.05) is 48.5 Å². The Morgan fingerprint density at radius 1 is 0.949 bits per heavy atom. The number of hydrogen-bond donors (Lipinski definition) is 0. The van der Waals surface area contributed by atoms with Crippen LogP contribution in [0, 0.1) is 23.5 Å². The summed E-state index contributed by atoms with van der Waals surface area (Å²) in [6, 6.07) is 18.2. The first-order valence-corrected chi connectivity index (χ1v) is 12.3. The molecule has 39 heavy (non-hydrogen) atoms. The molecule has 0 aliphatic rings. The summed E-state index contributed by atoms with van der Waals surface area (Å²) in [5.74, 6) is 5.40. The average molecular weight is 546 g/mol. The normalized spacial score (nSPS) is 12.3. The van der Waals surface area contributed by atoms with Crippen molar-refractivity contribution in [1.29, 1.82) is 0 Å². The zero-order chi connectivity index (χ0) is 27.2. The molecule has 196 valence electrons. The number of rotatable bonds is 8. The molecule has 0 spiro atoms. The van der Waals surface area contributed by atoms with Crippen molar-refractivity contribution in [2.45, 2.75) is 25.7 Å². The highest BCUT2D eigenvalue weighted by molar-refractivity contribution is 6.30. The van der Waals surface area contributed by atoms with E-state index in [9.17, 15) is 8.78 Å². The van der Waals surface area contributed by atoms with E-state index in [2.05, 4.69) is 27.0 Å². The van der Waals surface area contributed by atoms with E-state index in [4.69, 9.17) is 21.2 Å². The Hall–Kier alpha value is -4.68. The summed E-state index contributed by atoms with van der Waals surface area (Å²) in [4.78, 5) is 11.2. The fourth-order valence-electron chi connectivity index (χ4n) is 3.86. The van der Waals surface area contributed by atoms with Gasteiger partial charge in [0, 0.05) is 22.2 Å². The van der Waals surface area contributed by atoms with E-state index >= 15 is 0 Å². The van der Waals surface area contributed by atoms with Crippen LogP contribution in [0.15, 0.2) is 91.8 Å². The minimum absolute atomic E-state index is 0.100. The first-order valence-electron chi connectivity index (χ1n) is 11.9. The summed E-state index contributed by atoms with van der Waals surface area (Å²) < 4.78 is 35.6. The molecule has 2 aromatic heterocycles. The van der Waals surface area contributed by atoms with Crippen molar-refractivity contribution in [3.63, 3.8) is 0 Å². The van der Waals surface area contributed by atoms with Gasteiger partial charge in [0.1, 0.15) is 36.6 Å². The molecule has 1 unspecified atom stereocenters. The molecule has 2 heterocycles. The van der Waals surface area contributed by atoms with Gasteiger partial charge < -0.3 is 9.57 Å². The van der Waals surface area contributed by atoms with Crippen LogP contribution < -0.4 is 9.57 Å². The van der Waals surface area contributed by atoms with Gasteiger partial charge in [-0.3, -0.25) is 0 Å². The monoisotopic (exact) mass is 545 g/mol. The molecule has 5 aromatic rings. The van der Waals surface area contributed by atoms with Crippen molar-refractivity contribution < 1.29 is 18.4 Å². The van der Waals surface area contributed by atoms with Gasteiger partial charge in [0.15, 0.2) is 5.60 Å². The van der Waals surface area contributed by atoms with E-state index in [-0.39, 0.29) is 12.1 Å². The molecule has 0 radical (unpaired) electrons. The third-order valence-electron chi connectivity index (χ3n) is 5.81. The third-order valence-corrected chi connectivity index (χ3v) is 6.06. The Morgan fingerprint density at radius 2 is 1.72 bits per heavy atom. The minimum atomic E-state index is -1.29. The Kier molecular flexibility index (Phi) is 7.57. The highest BCUT2D eigenvalue weighted by atomic mass is 35.5. The fourth-order valence-corrected chi connectivity index (χ4v) is 3.98. The van der Waals surface area contributed by atoms with Crippen LogP contribution in [0.3, 0.4) is 0 Å². The molecule has 0 N–H and O–H groups in total. The van der Waals surface area contributed by atoms with Crippen LogP contribution >= 0.6 is 11.6 Å². The highest BCUT2D eigenvalue weighted by Gasteiger charge is 2.34. The van der Waals surface area contributed by atoms with E-state index in [1.54, 1.807) is 13.1 Å². The van der Waals surface area contributed by atoms with Crippen molar-refractivity contribution in [3.05, 3.63) is 131 Å². The summed E-state index contributed by atoms with van der Waals surface area (Å²) in [6.45, 7) is 2.19. The van der Waals surface area contributed by atoms with Gasteiger partial charge >= 0.3 is 0 Å². The van der Waals surface area contributed by atoms with Crippen molar-refractivity contribution in [2.24, 2.45) is 0 Å². The lowest BCUT2D eigenvalue weighted by atomic mass is 9.95. The molecule has 1 atom stereocenters. The van der Waals surface area contributed by atoms with Gasteiger partial charge in [0.2, 0.25) is 0 Å². The van der Waals surface area contributed by atoms with E-state index < -0.39 is 17.2 Å². The van der Waals surface area contributed by atoms with Crippen molar-refractivity contribution in [3.8, 4) is 17.6 Å². The van der Waals surface area contributed by atoms with E-state index in [0.717, 1.165) is 22.9 Å². The first-order chi connectivity index (χ1) is 18.9. The minimum Gasteiger partial charge on any atom is -0.489 e. The van der Waals surface area contributed by atoms with Gasteiger partial charge in [-0.15, -0.1) is 9.94 Å². The second-order valence-electron chi connectivity index (χ2n) is 8.86. The number of benzene rings is 3. The summed E-state index contributed by atoms with van der Waals surface area (Å²) in [5, 5.41) is 8.98. The fraction of sp³-hybridized carbons (Fsp3) is 0.138. The highest BCUT2D eigenvalue weighted by Crippen LogP contribution is 2.28. The maximum absolute atomic E-state index is 14.7. The Balaban J connectivity index is 1.27. The van der Waals surface area contributed by atoms with Crippen LogP contribution in [-0.2, 0) is 18.8 Å². The molecule has 10 heteroatoms. The quantitative estimate of drug-likeness (QED) is 0.243. The maximum Gasteiger partial charge on any atom is 0.182 e. The summed E-state index contributed by atoms with van der Waals surface area (Å²) in [6.07, 6.45) is 5.96. The van der Waals surface area contributed by atoms with Gasteiger partial charge in [0.25, 0.3) is 0 Å². The van der Waals surface area contributed by atoms with Gasteiger partial charge in [-0.05, 0) is 61.0 Å². The molecule has 0 bridgehead atoms. The Labute approximate surface area is 228 Å². The molecular formula is C29H22ClF2N5O2. The molecule has 0 aliphatic carbocycles. The molecule has 0 aliphatic heterocycles. The largest absolute Gasteiger partial charge is 0.489 e. The average Bonchev–Trinajstić information content (AvgIpc) is 3.59. The van der Waals surface area contributed by atoms with Crippen molar-refractivity contribution in [1.82, 2.24) is 24.7 Å². The molecule has 3 aromatic carbocycles. The number of hydrogen-bond acceptors (Lipinski definition) is 5. The first kappa shape index (κ1) is 25.9. The number of halogens is 3. The van der Waals surface area contributed by atoms with Crippen molar-refractivity contribution >= 4 is 11.6 Å². The smallest absolute Gasteiger partial charge is 0.182 e. The summed E-state index contributed by atoms with van der Waals surface area (Å²) in [7, 11) is 0. The molecular weight excluding hydrogens is 524 g/mol. The van der Waals surface area contributed by atoms with Crippen LogP contribution in [0.25, 0.3) is 0 Å². The number of aromatic nitrogens is 5. The van der Waals surface area contributed by atoms with Gasteiger partial charge in [-0.25, -0.2) is 18.4 Å². The maximum atomic E-state index is 14.7. The molecule has 5 rings (SSSR count). The van der Waals surface area contributed by atoms with E-state index in [0.29, 0.717) is 17.2 Å². The second kappa shape index (κ2) is 11.4. The molecule has 0 saturated heterocycles. The number of nitrogens with zero attached hydrogens (tertiary/aromatic N) is 5. The van der Waals surface area contributed by atoms with Crippen LogP contribution in [0.5, 0.6) is 5.75 Å². The summed E-state index contributed by atoms with van der Waals surface area (Å²) in [5.41, 5.74) is 1.24. The number of ether oxygens (including phenoxy) is 1. The van der Waals surface area contributed by atoms with Crippen LogP contribution in [0.2, 0.25) is 5.02 Å². The van der Waals surface area contributed by atoms with Gasteiger partial charge in [-0.2, -0.15) is 5.10 Å².